The van der Waals surface area contributed by atoms with Gasteiger partial charge in [0.25, 0.3) is 0 Å². The lowest BCUT2D eigenvalue weighted by molar-refractivity contribution is 0.195. The van der Waals surface area contributed by atoms with Crippen LogP contribution in [0.2, 0.25) is 0 Å². The predicted molar refractivity (Wildman–Crippen MR) is 89.0 cm³/mol. The van der Waals surface area contributed by atoms with Gasteiger partial charge in [0, 0.05) is 23.4 Å². The molecule has 24 heavy (non-hydrogen) atoms. The molecule has 2 atom stereocenters. The topological polar surface area (TPSA) is 49.0 Å². The third kappa shape index (κ3) is 2.79. The smallest absolute Gasteiger partial charge is 0.203 e. The van der Waals surface area contributed by atoms with Crippen LogP contribution in [0.1, 0.15) is 18.6 Å². The van der Waals surface area contributed by atoms with Crippen LogP contribution in [-0.4, -0.2) is 27.4 Å². The molecule has 0 saturated heterocycles. The number of anilines is 1. The first-order valence-corrected chi connectivity index (χ1v) is 7.60. The minimum atomic E-state index is -0.321. The molecule has 6 heteroatoms. The van der Waals surface area contributed by atoms with Crippen molar-refractivity contribution in [1.29, 1.82) is 0 Å². The summed E-state index contributed by atoms with van der Waals surface area (Å²) in [5, 5.41) is 3.30. The Kier molecular flexibility index (Phi) is 4.38. The fraction of sp³-hybridized carbons (Fsp3) is 0.333. The molecule has 1 heterocycles. The van der Waals surface area contributed by atoms with Gasteiger partial charge in [-0.25, -0.2) is 4.39 Å². The molecular formula is C18H20FNO4. The second-order valence-corrected chi connectivity index (χ2v) is 5.56. The van der Waals surface area contributed by atoms with Gasteiger partial charge in [-0.2, -0.15) is 0 Å². The lowest BCUT2D eigenvalue weighted by atomic mass is 10.1. The van der Waals surface area contributed by atoms with Crippen LogP contribution in [0.15, 0.2) is 30.3 Å². The molecule has 2 aromatic carbocycles. The van der Waals surface area contributed by atoms with Gasteiger partial charge in [-0.3, -0.25) is 0 Å². The van der Waals surface area contributed by atoms with E-state index in [2.05, 4.69) is 5.32 Å². The van der Waals surface area contributed by atoms with Crippen molar-refractivity contribution >= 4 is 5.69 Å². The van der Waals surface area contributed by atoms with Gasteiger partial charge in [0.05, 0.1) is 27.4 Å². The first-order valence-electron chi connectivity index (χ1n) is 7.60. The van der Waals surface area contributed by atoms with E-state index in [1.807, 2.05) is 6.92 Å². The van der Waals surface area contributed by atoms with Gasteiger partial charge >= 0.3 is 0 Å². The molecule has 0 fully saturated rings. The molecule has 0 saturated carbocycles. The summed E-state index contributed by atoms with van der Waals surface area (Å²) in [4.78, 5) is 0. The highest BCUT2D eigenvalue weighted by Crippen LogP contribution is 2.44. The fourth-order valence-electron chi connectivity index (χ4n) is 2.93. The molecule has 0 aliphatic carbocycles. The number of halogens is 1. The Labute approximate surface area is 140 Å². The average molecular weight is 333 g/mol. The van der Waals surface area contributed by atoms with Crippen LogP contribution in [0.5, 0.6) is 23.0 Å². The molecule has 2 unspecified atom stereocenters. The van der Waals surface area contributed by atoms with Crippen molar-refractivity contribution in [3.63, 3.8) is 0 Å². The number of methoxy groups -OCH3 is 3. The molecule has 1 aliphatic heterocycles. The summed E-state index contributed by atoms with van der Waals surface area (Å²) >= 11 is 0. The number of ether oxygens (including phenoxy) is 4. The van der Waals surface area contributed by atoms with E-state index in [0.29, 0.717) is 23.0 Å². The van der Waals surface area contributed by atoms with Crippen molar-refractivity contribution in [3.05, 3.63) is 41.7 Å². The van der Waals surface area contributed by atoms with Crippen molar-refractivity contribution in [1.82, 2.24) is 0 Å². The summed E-state index contributed by atoms with van der Waals surface area (Å²) in [6.07, 6.45) is -0.321. The quantitative estimate of drug-likeness (QED) is 0.902. The molecule has 0 aromatic heterocycles. The van der Waals surface area contributed by atoms with Gasteiger partial charge in [0.15, 0.2) is 11.5 Å². The number of hydrogen-bond donors (Lipinski definition) is 1. The Bertz CT molecular complexity index is 725. The second-order valence-electron chi connectivity index (χ2n) is 5.56. The third-order valence-corrected chi connectivity index (χ3v) is 4.06. The van der Waals surface area contributed by atoms with Gasteiger partial charge in [-0.1, -0.05) is 0 Å². The van der Waals surface area contributed by atoms with E-state index in [-0.39, 0.29) is 18.0 Å². The largest absolute Gasteiger partial charge is 0.493 e. The third-order valence-electron chi connectivity index (χ3n) is 4.06. The Balaban J connectivity index is 1.96. The first-order chi connectivity index (χ1) is 11.6. The van der Waals surface area contributed by atoms with Gasteiger partial charge in [0.1, 0.15) is 17.7 Å². The normalized spacial score (nSPS) is 18.5. The summed E-state index contributed by atoms with van der Waals surface area (Å²) in [7, 11) is 4.64. The van der Waals surface area contributed by atoms with Gasteiger partial charge in [-0.05, 0) is 25.1 Å². The van der Waals surface area contributed by atoms with Gasteiger partial charge < -0.3 is 24.3 Å². The maximum Gasteiger partial charge on any atom is 0.203 e. The standard InChI is InChI=1S/C18H20FNO4/c1-10-17(13-7-11(19)5-6-14(13)20-10)24-12-8-15(21-2)18(23-4)16(9-12)22-3/h5-10,17,20H,1-4H3. The van der Waals surface area contributed by atoms with E-state index in [1.54, 1.807) is 39.5 Å². The van der Waals surface area contributed by atoms with Crippen molar-refractivity contribution in [2.24, 2.45) is 0 Å². The summed E-state index contributed by atoms with van der Waals surface area (Å²) in [5.41, 5.74) is 1.66. The van der Waals surface area contributed by atoms with Gasteiger partial charge in [0.2, 0.25) is 5.75 Å². The Morgan fingerprint density at radius 2 is 1.62 bits per heavy atom. The highest BCUT2D eigenvalue weighted by molar-refractivity contribution is 5.60. The molecule has 128 valence electrons. The van der Waals surface area contributed by atoms with Crippen molar-refractivity contribution < 1.29 is 23.3 Å². The predicted octanol–water partition coefficient (Wildman–Crippen LogP) is 3.79. The first kappa shape index (κ1) is 16.2. The Morgan fingerprint density at radius 1 is 0.958 bits per heavy atom. The zero-order chi connectivity index (χ0) is 17.3. The zero-order valence-corrected chi connectivity index (χ0v) is 14.1. The highest BCUT2D eigenvalue weighted by atomic mass is 19.1. The van der Waals surface area contributed by atoms with Crippen LogP contribution in [0.3, 0.4) is 0 Å². The molecule has 5 nitrogen and oxygen atoms in total. The van der Waals surface area contributed by atoms with E-state index in [0.717, 1.165) is 11.3 Å². The molecule has 2 aromatic rings. The molecule has 0 bridgehead atoms. The van der Waals surface area contributed by atoms with Crippen LogP contribution in [-0.2, 0) is 0 Å². The number of rotatable bonds is 5. The molecule has 3 rings (SSSR count). The van der Waals surface area contributed by atoms with E-state index in [1.165, 1.54) is 12.1 Å². The average Bonchev–Trinajstić information content (AvgIpc) is 2.89. The van der Waals surface area contributed by atoms with Crippen LogP contribution < -0.4 is 24.3 Å². The van der Waals surface area contributed by atoms with Crippen LogP contribution in [0.25, 0.3) is 0 Å². The van der Waals surface area contributed by atoms with E-state index in [4.69, 9.17) is 18.9 Å². The fourth-order valence-corrected chi connectivity index (χ4v) is 2.93. The molecule has 1 N–H and O–H groups in total. The van der Waals surface area contributed by atoms with E-state index in [9.17, 15) is 4.39 Å². The molecule has 0 spiro atoms. The van der Waals surface area contributed by atoms with Crippen LogP contribution >= 0.6 is 0 Å². The number of hydrogen-bond acceptors (Lipinski definition) is 5. The molecule has 1 aliphatic rings. The minimum Gasteiger partial charge on any atom is -0.493 e. The van der Waals surface area contributed by atoms with Crippen LogP contribution in [0, 0.1) is 5.82 Å². The Hall–Kier alpha value is -2.63. The summed E-state index contributed by atoms with van der Waals surface area (Å²) < 4.78 is 35.7. The summed E-state index contributed by atoms with van der Waals surface area (Å²) in [5.74, 6) is 1.77. The lowest BCUT2D eigenvalue weighted by Gasteiger charge is -2.20. The summed E-state index contributed by atoms with van der Waals surface area (Å²) in [6.45, 7) is 1.99. The maximum atomic E-state index is 13.6. The number of fused-ring (bicyclic) bond motifs is 1. The van der Waals surface area contributed by atoms with E-state index < -0.39 is 0 Å². The minimum absolute atomic E-state index is 0.000825. The van der Waals surface area contributed by atoms with Crippen molar-refractivity contribution in [3.8, 4) is 23.0 Å². The Morgan fingerprint density at radius 3 is 2.21 bits per heavy atom. The summed E-state index contributed by atoms with van der Waals surface area (Å²) in [6, 6.07) is 8.10. The van der Waals surface area contributed by atoms with Crippen molar-refractivity contribution in [2.45, 2.75) is 19.1 Å². The molecule has 0 radical (unpaired) electrons. The molecular weight excluding hydrogens is 313 g/mol. The number of benzene rings is 2. The maximum absolute atomic E-state index is 13.6. The van der Waals surface area contributed by atoms with Crippen molar-refractivity contribution in [2.75, 3.05) is 26.6 Å². The zero-order valence-electron chi connectivity index (χ0n) is 14.1. The van der Waals surface area contributed by atoms with E-state index >= 15 is 0 Å². The second kappa shape index (κ2) is 6.47. The number of nitrogens with one attached hydrogen (secondary N) is 1. The SMILES string of the molecule is COc1cc(OC2c3cc(F)ccc3NC2C)cc(OC)c1OC. The lowest BCUT2D eigenvalue weighted by Crippen LogP contribution is -2.20. The highest BCUT2D eigenvalue weighted by Gasteiger charge is 2.31. The van der Waals surface area contributed by atoms with Gasteiger partial charge in [-0.15, -0.1) is 0 Å². The monoisotopic (exact) mass is 333 g/mol. The van der Waals surface area contributed by atoms with Crippen LogP contribution in [0.4, 0.5) is 10.1 Å². The molecule has 0 amide bonds.